The highest BCUT2D eigenvalue weighted by Crippen LogP contribution is 2.20. The SMILES string of the molecule is CCCCCCCCCCC1CCCOC1. The normalized spacial score (nSPS) is 21.2. The van der Waals surface area contributed by atoms with Crippen LogP contribution in [0, 0.1) is 5.92 Å². The molecule has 1 nitrogen and oxygen atoms in total. The Balaban J connectivity index is 1.77. The fourth-order valence-electron chi connectivity index (χ4n) is 2.60. The monoisotopic (exact) mass is 226 g/mol. The maximum Gasteiger partial charge on any atom is 0.0494 e. The zero-order valence-corrected chi connectivity index (χ0v) is 11.2. The molecule has 0 aromatic heterocycles. The molecule has 1 atom stereocenters. The molecule has 1 rings (SSSR count). The second-order valence-electron chi connectivity index (χ2n) is 5.35. The second kappa shape index (κ2) is 10.1. The predicted octanol–water partition coefficient (Wildman–Crippen LogP) is 4.94. The molecule has 96 valence electrons. The van der Waals surface area contributed by atoms with Crippen molar-refractivity contribution < 1.29 is 4.74 Å². The van der Waals surface area contributed by atoms with Crippen LogP contribution in [0.1, 0.15) is 77.6 Å². The molecule has 0 amide bonds. The van der Waals surface area contributed by atoms with Crippen LogP contribution in [0.3, 0.4) is 0 Å². The van der Waals surface area contributed by atoms with Crippen molar-refractivity contribution in [1.29, 1.82) is 0 Å². The van der Waals surface area contributed by atoms with Crippen molar-refractivity contribution in [3.8, 4) is 0 Å². The molecule has 0 aromatic carbocycles. The summed E-state index contributed by atoms with van der Waals surface area (Å²) in [5, 5.41) is 0. The molecule has 0 radical (unpaired) electrons. The molecule has 1 aliphatic heterocycles. The Bertz CT molecular complexity index is 138. The number of ether oxygens (including phenoxy) is 1. The molecular weight excluding hydrogens is 196 g/mol. The van der Waals surface area contributed by atoms with E-state index in [0.717, 1.165) is 19.1 Å². The summed E-state index contributed by atoms with van der Waals surface area (Å²) in [5.74, 6) is 0.883. The maximum absolute atomic E-state index is 5.50. The van der Waals surface area contributed by atoms with E-state index in [1.807, 2.05) is 0 Å². The molecule has 0 aromatic rings. The van der Waals surface area contributed by atoms with Gasteiger partial charge in [0.05, 0.1) is 0 Å². The smallest absolute Gasteiger partial charge is 0.0494 e. The minimum absolute atomic E-state index is 0.883. The Morgan fingerprint density at radius 1 is 0.938 bits per heavy atom. The average molecular weight is 226 g/mol. The van der Waals surface area contributed by atoms with Gasteiger partial charge in [-0.05, 0) is 25.2 Å². The number of unbranched alkanes of at least 4 members (excludes halogenated alkanes) is 7. The zero-order valence-electron chi connectivity index (χ0n) is 11.2. The Hall–Kier alpha value is -0.0400. The van der Waals surface area contributed by atoms with Crippen molar-refractivity contribution in [1.82, 2.24) is 0 Å². The van der Waals surface area contributed by atoms with Gasteiger partial charge in [0, 0.05) is 13.2 Å². The fraction of sp³-hybridized carbons (Fsp3) is 1.00. The topological polar surface area (TPSA) is 9.23 Å². The maximum atomic E-state index is 5.50. The minimum Gasteiger partial charge on any atom is -0.381 e. The van der Waals surface area contributed by atoms with Gasteiger partial charge in [0.2, 0.25) is 0 Å². The highest BCUT2D eigenvalue weighted by atomic mass is 16.5. The van der Waals surface area contributed by atoms with E-state index in [1.54, 1.807) is 0 Å². The van der Waals surface area contributed by atoms with E-state index in [-0.39, 0.29) is 0 Å². The third-order valence-electron chi connectivity index (χ3n) is 3.72. The van der Waals surface area contributed by atoms with Crippen LogP contribution in [0.15, 0.2) is 0 Å². The lowest BCUT2D eigenvalue weighted by atomic mass is 9.95. The van der Waals surface area contributed by atoms with Crippen LogP contribution < -0.4 is 0 Å². The third-order valence-corrected chi connectivity index (χ3v) is 3.72. The molecule has 0 spiro atoms. The van der Waals surface area contributed by atoms with Gasteiger partial charge in [-0.15, -0.1) is 0 Å². The first-order valence-electron chi connectivity index (χ1n) is 7.51. The van der Waals surface area contributed by atoms with Crippen LogP contribution in [0.25, 0.3) is 0 Å². The highest BCUT2D eigenvalue weighted by Gasteiger charge is 2.12. The third kappa shape index (κ3) is 7.27. The molecule has 0 aliphatic carbocycles. The van der Waals surface area contributed by atoms with Gasteiger partial charge in [-0.25, -0.2) is 0 Å². The van der Waals surface area contributed by atoms with Crippen LogP contribution in [0.2, 0.25) is 0 Å². The van der Waals surface area contributed by atoms with Crippen molar-refractivity contribution in [3.05, 3.63) is 0 Å². The molecule has 0 saturated carbocycles. The van der Waals surface area contributed by atoms with Crippen LogP contribution in [-0.2, 0) is 4.74 Å². The lowest BCUT2D eigenvalue weighted by Gasteiger charge is -2.21. The first-order chi connectivity index (χ1) is 7.93. The van der Waals surface area contributed by atoms with Crippen molar-refractivity contribution in [2.24, 2.45) is 5.92 Å². The summed E-state index contributed by atoms with van der Waals surface area (Å²) in [6.45, 7) is 4.33. The molecule has 0 bridgehead atoms. The molecule has 1 aliphatic rings. The van der Waals surface area contributed by atoms with Crippen LogP contribution in [0.4, 0.5) is 0 Å². The predicted molar refractivity (Wildman–Crippen MR) is 70.8 cm³/mol. The van der Waals surface area contributed by atoms with Crippen molar-refractivity contribution in [2.75, 3.05) is 13.2 Å². The van der Waals surface area contributed by atoms with Gasteiger partial charge >= 0.3 is 0 Å². The summed E-state index contributed by atoms with van der Waals surface area (Å²) in [6.07, 6.45) is 15.6. The van der Waals surface area contributed by atoms with E-state index in [9.17, 15) is 0 Å². The molecule has 1 heteroatoms. The molecule has 1 fully saturated rings. The quantitative estimate of drug-likeness (QED) is 0.506. The molecule has 1 saturated heterocycles. The molecular formula is C15H30O. The number of rotatable bonds is 9. The van der Waals surface area contributed by atoms with Crippen molar-refractivity contribution in [2.45, 2.75) is 77.6 Å². The van der Waals surface area contributed by atoms with E-state index in [0.29, 0.717) is 0 Å². The first-order valence-corrected chi connectivity index (χ1v) is 7.51. The van der Waals surface area contributed by atoms with Crippen LogP contribution in [-0.4, -0.2) is 13.2 Å². The van der Waals surface area contributed by atoms with Gasteiger partial charge in [0.25, 0.3) is 0 Å². The van der Waals surface area contributed by atoms with Crippen LogP contribution in [0.5, 0.6) is 0 Å². The standard InChI is InChI=1S/C15H30O/c1-2-3-4-5-6-7-8-9-11-15-12-10-13-16-14-15/h15H,2-14H2,1H3. The van der Waals surface area contributed by atoms with Crippen LogP contribution >= 0.6 is 0 Å². The Labute approximate surface area is 102 Å². The van der Waals surface area contributed by atoms with Gasteiger partial charge in [-0.3, -0.25) is 0 Å². The van der Waals surface area contributed by atoms with E-state index >= 15 is 0 Å². The summed E-state index contributed by atoms with van der Waals surface area (Å²) < 4.78 is 5.50. The lowest BCUT2D eigenvalue weighted by Crippen LogP contribution is -2.16. The van der Waals surface area contributed by atoms with Crippen molar-refractivity contribution >= 4 is 0 Å². The molecule has 1 unspecified atom stereocenters. The Morgan fingerprint density at radius 3 is 2.25 bits per heavy atom. The van der Waals surface area contributed by atoms with Gasteiger partial charge in [-0.1, -0.05) is 58.3 Å². The molecule has 1 heterocycles. The van der Waals surface area contributed by atoms with E-state index in [1.165, 1.54) is 70.6 Å². The summed E-state index contributed by atoms with van der Waals surface area (Å²) >= 11 is 0. The first kappa shape index (κ1) is 14.0. The number of hydrogen-bond donors (Lipinski definition) is 0. The summed E-state index contributed by atoms with van der Waals surface area (Å²) in [6, 6.07) is 0. The Kier molecular flexibility index (Phi) is 8.88. The minimum atomic E-state index is 0.883. The summed E-state index contributed by atoms with van der Waals surface area (Å²) in [7, 11) is 0. The lowest BCUT2D eigenvalue weighted by molar-refractivity contribution is 0.0507. The van der Waals surface area contributed by atoms with Gasteiger partial charge in [-0.2, -0.15) is 0 Å². The highest BCUT2D eigenvalue weighted by molar-refractivity contribution is 4.63. The average Bonchev–Trinajstić information content (AvgIpc) is 2.34. The summed E-state index contributed by atoms with van der Waals surface area (Å²) in [4.78, 5) is 0. The number of hydrogen-bond acceptors (Lipinski definition) is 1. The molecule has 16 heavy (non-hydrogen) atoms. The summed E-state index contributed by atoms with van der Waals surface area (Å²) in [5.41, 5.74) is 0. The second-order valence-corrected chi connectivity index (χ2v) is 5.35. The van der Waals surface area contributed by atoms with E-state index < -0.39 is 0 Å². The largest absolute Gasteiger partial charge is 0.381 e. The zero-order chi connectivity index (χ0) is 11.5. The van der Waals surface area contributed by atoms with E-state index in [2.05, 4.69) is 6.92 Å². The Morgan fingerprint density at radius 2 is 1.62 bits per heavy atom. The van der Waals surface area contributed by atoms with E-state index in [4.69, 9.17) is 4.74 Å². The van der Waals surface area contributed by atoms with Gasteiger partial charge in [0.1, 0.15) is 0 Å². The van der Waals surface area contributed by atoms with Crippen molar-refractivity contribution in [3.63, 3.8) is 0 Å². The van der Waals surface area contributed by atoms with Gasteiger partial charge in [0.15, 0.2) is 0 Å². The van der Waals surface area contributed by atoms with Gasteiger partial charge < -0.3 is 4.74 Å². The fourth-order valence-corrected chi connectivity index (χ4v) is 2.60. The molecule has 0 N–H and O–H groups in total.